The van der Waals surface area contributed by atoms with E-state index >= 15 is 0 Å². The van der Waals surface area contributed by atoms with Crippen molar-refractivity contribution in [1.82, 2.24) is 0 Å². The van der Waals surface area contributed by atoms with Crippen LogP contribution in [0.4, 0.5) is 0 Å². The molecule has 4 atom stereocenters. The van der Waals surface area contributed by atoms with E-state index in [-0.39, 0.29) is 24.4 Å². The van der Waals surface area contributed by atoms with Crippen molar-refractivity contribution in [3.8, 4) is 0 Å². The van der Waals surface area contributed by atoms with Crippen LogP contribution in [-0.2, 0) is 29.0 Å². The van der Waals surface area contributed by atoms with Crippen molar-refractivity contribution in [3.63, 3.8) is 0 Å². The van der Waals surface area contributed by atoms with E-state index in [1.54, 1.807) is 13.8 Å². The van der Waals surface area contributed by atoms with E-state index in [2.05, 4.69) is 13.8 Å². The molecule has 0 fully saturated rings. The number of carbonyl (C=O) groups is 4. The second kappa shape index (κ2) is 28.5. The molecule has 0 saturated heterocycles. The van der Waals surface area contributed by atoms with Gasteiger partial charge in [-0.05, 0) is 38.5 Å². The van der Waals surface area contributed by atoms with Gasteiger partial charge in [-0.3, -0.25) is 9.59 Å². The summed E-state index contributed by atoms with van der Waals surface area (Å²) >= 11 is 13.8. The zero-order valence-corrected chi connectivity index (χ0v) is 33.3. The van der Waals surface area contributed by atoms with Crippen molar-refractivity contribution < 1.29 is 29.0 Å². The third-order valence-corrected chi connectivity index (χ3v) is 11.4. The van der Waals surface area contributed by atoms with Gasteiger partial charge in [0.15, 0.2) is 9.75 Å². The molecule has 0 amide bonds. The summed E-state index contributed by atoms with van der Waals surface area (Å²) in [5.41, 5.74) is 0. The minimum Gasteiger partial charge on any atom is -0.299 e. The Kier molecular flexibility index (Phi) is 27.9. The van der Waals surface area contributed by atoms with Crippen LogP contribution in [0.3, 0.4) is 0 Å². The van der Waals surface area contributed by atoms with Gasteiger partial charge in [0, 0.05) is 24.7 Å². The zero-order chi connectivity index (χ0) is 36.3. The molecule has 0 radical (unpaired) electrons. The fourth-order valence-electron chi connectivity index (χ4n) is 6.72. The van der Waals surface area contributed by atoms with E-state index in [0.29, 0.717) is 38.5 Å². The average Bonchev–Trinajstić information content (AvgIpc) is 3.09. The Balaban J connectivity index is 5.20. The lowest BCUT2D eigenvalue weighted by Crippen LogP contribution is -2.48. The number of hydrogen-bond acceptors (Lipinski definition) is 6. The number of Topliss-reactive ketones (excluding diaryl/α,β-unsaturated/α-hetero) is 2. The molecule has 0 saturated carbocycles. The van der Waals surface area contributed by atoms with E-state index in [1.807, 2.05) is 13.8 Å². The fraction of sp³-hybridized carbons (Fsp3) is 0.900. The van der Waals surface area contributed by atoms with E-state index < -0.39 is 33.5 Å². The molecule has 0 bridgehead atoms. The van der Waals surface area contributed by atoms with Crippen molar-refractivity contribution in [1.29, 1.82) is 0 Å². The maximum Gasteiger partial charge on any atom is 0.376 e. The van der Waals surface area contributed by atoms with Crippen LogP contribution in [0, 0.1) is 11.8 Å². The third kappa shape index (κ3) is 17.7. The molecule has 6 nitrogen and oxygen atoms in total. The number of carbonyl (C=O) groups excluding carboxylic acids is 4. The van der Waals surface area contributed by atoms with E-state index in [1.165, 1.54) is 77.0 Å². The molecule has 0 aliphatic heterocycles. The zero-order valence-electron chi connectivity index (χ0n) is 31.7. The summed E-state index contributed by atoms with van der Waals surface area (Å²) in [6.45, 7) is 11.8. The van der Waals surface area contributed by atoms with Gasteiger partial charge in [0.2, 0.25) is 0 Å². The van der Waals surface area contributed by atoms with Gasteiger partial charge < -0.3 is 0 Å². The number of unbranched alkanes of at least 4 members (excludes halogenated alkanes) is 16. The molecule has 0 rings (SSSR count). The van der Waals surface area contributed by atoms with Gasteiger partial charge in [-0.1, -0.05) is 157 Å². The molecule has 4 unspecified atom stereocenters. The Bertz CT molecular complexity index is 810. The Morgan fingerprint density at radius 3 is 0.958 bits per heavy atom. The highest BCUT2D eigenvalue weighted by Crippen LogP contribution is 2.38. The summed E-state index contributed by atoms with van der Waals surface area (Å²) in [6, 6.07) is 0. The van der Waals surface area contributed by atoms with Gasteiger partial charge in [0.25, 0.3) is 0 Å². The molecule has 48 heavy (non-hydrogen) atoms. The first-order chi connectivity index (χ1) is 23.0. The van der Waals surface area contributed by atoms with Crippen LogP contribution in [0.25, 0.3) is 0 Å². The molecule has 0 spiro atoms. The third-order valence-electron chi connectivity index (χ3n) is 9.99. The first-order valence-electron chi connectivity index (χ1n) is 19.9. The molecule has 0 aromatic rings. The van der Waals surface area contributed by atoms with Gasteiger partial charge in [0.05, 0.1) is 0 Å². The van der Waals surface area contributed by atoms with Gasteiger partial charge in [-0.15, -0.1) is 23.2 Å². The topological polar surface area (TPSA) is 86.7 Å². The first-order valence-corrected chi connectivity index (χ1v) is 20.7. The van der Waals surface area contributed by atoms with Gasteiger partial charge >= 0.3 is 11.9 Å². The largest absolute Gasteiger partial charge is 0.376 e. The van der Waals surface area contributed by atoms with Crippen molar-refractivity contribution in [3.05, 3.63) is 0 Å². The summed E-state index contributed by atoms with van der Waals surface area (Å²) in [5.74, 6) is -3.58. The standard InChI is InChI=1S/C40H72Cl2O6/c1-7-13-15-17-19-21-23-25-27-31-35(43)33(29-9-3)39(41,11-5)37(45)47-48-38(46)40(42,12-6)34(30-10-4)36(44)32-28-26-24-22-20-18-16-14-8-2/h33-34H,7-32H2,1-6H3. The molecular formula is C40H72Cl2O6. The molecule has 8 heteroatoms. The summed E-state index contributed by atoms with van der Waals surface area (Å²) in [6.07, 6.45) is 23.7. The van der Waals surface area contributed by atoms with Crippen molar-refractivity contribution in [2.24, 2.45) is 11.8 Å². The van der Waals surface area contributed by atoms with Crippen molar-refractivity contribution in [2.45, 2.75) is 218 Å². The normalized spacial score (nSPS) is 15.2. The number of halogens is 2. The summed E-state index contributed by atoms with van der Waals surface area (Å²) < 4.78 is 0. The summed E-state index contributed by atoms with van der Waals surface area (Å²) in [7, 11) is 0. The molecule has 0 aliphatic rings. The number of rotatable bonds is 32. The maximum atomic E-state index is 13.4. The van der Waals surface area contributed by atoms with Crippen LogP contribution in [0.1, 0.15) is 208 Å². The van der Waals surface area contributed by atoms with Gasteiger partial charge in [0.1, 0.15) is 11.6 Å². The lowest BCUT2D eigenvalue weighted by Gasteiger charge is -2.32. The average molecular weight is 720 g/mol. The van der Waals surface area contributed by atoms with Crippen molar-refractivity contribution in [2.75, 3.05) is 0 Å². The Labute approximate surface area is 304 Å². The highest BCUT2D eigenvalue weighted by atomic mass is 35.5. The van der Waals surface area contributed by atoms with E-state index in [0.717, 1.165) is 38.5 Å². The number of alkyl halides is 2. The molecular weight excluding hydrogens is 647 g/mol. The predicted octanol–water partition coefficient (Wildman–Crippen LogP) is 12.6. The Morgan fingerprint density at radius 1 is 0.438 bits per heavy atom. The van der Waals surface area contributed by atoms with Crippen LogP contribution < -0.4 is 0 Å². The first kappa shape index (κ1) is 46.9. The maximum absolute atomic E-state index is 13.4. The molecule has 0 aliphatic carbocycles. The smallest absolute Gasteiger partial charge is 0.299 e. The van der Waals surface area contributed by atoms with Crippen molar-refractivity contribution >= 4 is 46.7 Å². The SMILES string of the molecule is CCCCCCCCCCCC(=O)C(CCC)C(Cl)(CC)C(=O)OOC(=O)C(Cl)(CC)C(CCC)C(=O)CCCCCCCCCCC. The quantitative estimate of drug-likeness (QED) is 0.0298. The van der Waals surface area contributed by atoms with E-state index in [4.69, 9.17) is 33.0 Å². The second-order valence-electron chi connectivity index (χ2n) is 13.9. The number of ketones is 2. The highest BCUT2D eigenvalue weighted by molar-refractivity contribution is 6.36. The molecule has 0 aromatic carbocycles. The van der Waals surface area contributed by atoms with Gasteiger partial charge in [-0.25, -0.2) is 19.4 Å². The fourth-order valence-corrected chi connectivity index (χ4v) is 7.24. The molecule has 282 valence electrons. The van der Waals surface area contributed by atoms with Crippen LogP contribution in [0.15, 0.2) is 0 Å². The predicted molar refractivity (Wildman–Crippen MR) is 200 cm³/mol. The van der Waals surface area contributed by atoms with Gasteiger partial charge in [-0.2, -0.15) is 0 Å². The Hall–Kier alpha value is -1.14. The number of hydrogen-bond donors (Lipinski definition) is 0. The van der Waals surface area contributed by atoms with E-state index in [9.17, 15) is 19.2 Å². The molecule has 0 aromatic heterocycles. The van der Waals surface area contributed by atoms with Crippen LogP contribution in [-0.4, -0.2) is 33.3 Å². The summed E-state index contributed by atoms with van der Waals surface area (Å²) in [4.78, 5) is 60.4. The highest BCUT2D eigenvalue weighted by Gasteiger charge is 2.51. The summed E-state index contributed by atoms with van der Waals surface area (Å²) in [5, 5.41) is 0. The molecule has 0 N–H and O–H groups in total. The van der Waals surface area contributed by atoms with Crippen LogP contribution in [0.5, 0.6) is 0 Å². The van der Waals surface area contributed by atoms with Crippen LogP contribution in [0.2, 0.25) is 0 Å². The monoisotopic (exact) mass is 718 g/mol. The molecule has 0 heterocycles. The van der Waals surface area contributed by atoms with Crippen LogP contribution >= 0.6 is 23.2 Å². The minimum atomic E-state index is -1.66. The Morgan fingerprint density at radius 2 is 0.708 bits per heavy atom. The lowest BCUT2D eigenvalue weighted by atomic mass is 9.81. The second-order valence-corrected chi connectivity index (χ2v) is 15.3. The minimum absolute atomic E-state index is 0.0646. The lowest BCUT2D eigenvalue weighted by molar-refractivity contribution is -0.265.